The fourth-order valence-electron chi connectivity index (χ4n) is 2.00. The number of fused-ring (bicyclic) bond motifs is 1. The molecule has 22 heavy (non-hydrogen) atoms. The number of benzene rings is 1. The largest absolute Gasteiger partial charge is 0.318 e. The number of carbonyl (C=O) groups is 2. The number of thiophene rings is 1. The standard InChI is InChI=1S/C15H13N3O2S2/c1-8-4-3-5-10-13(8)17-15(22-10)18-14(20)11-6-7-12(21-11)16-9(2)19/h3-7H,1-2H3,(H,16,19)(H,17,18,20). The van der Waals surface area contributed by atoms with E-state index < -0.39 is 0 Å². The number of hydrogen-bond acceptors (Lipinski definition) is 5. The van der Waals surface area contributed by atoms with Crippen molar-refractivity contribution >= 4 is 54.8 Å². The molecule has 0 spiro atoms. The Balaban J connectivity index is 1.79. The normalized spacial score (nSPS) is 10.6. The number of nitrogens with one attached hydrogen (secondary N) is 2. The van der Waals surface area contributed by atoms with E-state index in [1.807, 2.05) is 25.1 Å². The van der Waals surface area contributed by atoms with Crippen LogP contribution in [0.5, 0.6) is 0 Å². The molecule has 0 unspecified atom stereocenters. The summed E-state index contributed by atoms with van der Waals surface area (Å²) in [6.07, 6.45) is 0. The average molecular weight is 331 g/mol. The fraction of sp³-hybridized carbons (Fsp3) is 0.133. The summed E-state index contributed by atoms with van der Waals surface area (Å²) in [5.41, 5.74) is 1.99. The Morgan fingerprint density at radius 3 is 2.64 bits per heavy atom. The summed E-state index contributed by atoms with van der Waals surface area (Å²) < 4.78 is 1.04. The van der Waals surface area contributed by atoms with Crippen LogP contribution in [0, 0.1) is 6.92 Å². The number of rotatable bonds is 3. The summed E-state index contributed by atoms with van der Waals surface area (Å²) in [7, 11) is 0. The molecule has 0 atom stereocenters. The van der Waals surface area contributed by atoms with Crippen LogP contribution in [-0.2, 0) is 4.79 Å². The molecule has 0 fully saturated rings. The van der Waals surface area contributed by atoms with Crippen LogP contribution in [0.2, 0.25) is 0 Å². The first-order chi connectivity index (χ1) is 10.5. The van der Waals surface area contributed by atoms with Gasteiger partial charge >= 0.3 is 0 Å². The number of aryl methyl sites for hydroxylation is 1. The highest BCUT2D eigenvalue weighted by atomic mass is 32.1. The second kappa shape index (κ2) is 5.86. The highest BCUT2D eigenvalue weighted by Gasteiger charge is 2.13. The van der Waals surface area contributed by atoms with E-state index >= 15 is 0 Å². The zero-order chi connectivity index (χ0) is 15.7. The van der Waals surface area contributed by atoms with Crippen molar-refractivity contribution in [2.45, 2.75) is 13.8 Å². The van der Waals surface area contributed by atoms with Gasteiger partial charge in [0.15, 0.2) is 5.13 Å². The van der Waals surface area contributed by atoms with Crippen molar-refractivity contribution in [3.63, 3.8) is 0 Å². The number of anilines is 2. The molecule has 3 rings (SSSR count). The number of nitrogens with zero attached hydrogens (tertiary/aromatic N) is 1. The maximum absolute atomic E-state index is 12.2. The number of para-hydroxylation sites is 1. The quantitative estimate of drug-likeness (QED) is 0.765. The van der Waals surface area contributed by atoms with Crippen LogP contribution >= 0.6 is 22.7 Å². The molecular weight excluding hydrogens is 318 g/mol. The van der Waals surface area contributed by atoms with Crippen molar-refractivity contribution in [2.75, 3.05) is 10.6 Å². The lowest BCUT2D eigenvalue weighted by Crippen LogP contribution is -2.09. The number of carbonyl (C=O) groups excluding carboxylic acids is 2. The number of hydrogen-bond donors (Lipinski definition) is 2. The van der Waals surface area contributed by atoms with Crippen molar-refractivity contribution in [1.82, 2.24) is 4.98 Å². The Morgan fingerprint density at radius 1 is 1.09 bits per heavy atom. The first kappa shape index (κ1) is 14.7. The molecule has 0 radical (unpaired) electrons. The molecule has 2 N–H and O–H groups in total. The molecule has 2 amide bonds. The van der Waals surface area contributed by atoms with E-state index in [-0.39, 0.29) is 11.8 Å². The molecule has 0 saturated carbocycles. The molecule has 7 heteroatoms. The summed E-state index contributed by atoms with van der Waals surface area (Å²) in [5.74, 6) is -0.381. The zero-order valence-corrected chi connectivity index (χ0v) is 13.6. The summed E-state index contributed by atoms with van der Waals surface area (Å²) in [6.45, 7) is 3.43. The van der Waals surface area contributed by atoms with Gasteiger partial charge in [0.2, 0.25) is 5.91 Å². The zero-order valence-electron chi connectivity index (χ0n) is 12.0. The minimum Gasteiger partial charge on any atom is -0.318 e. The fourth-order valence-corrected chi connectivity index (χ4v) is 3.79. The number of aromatic nitrogens is 1. The Labute approximate surface area is 135 Å². The second-order valence-corrected chi connectivity index (χ2v) is 6.85. The molecule has 5 nitrogen and oxygen atoms in total. The number of amides is 2. The van der Waals surface area contributed by atoms with Crippen LogP contribution in [0.25, 0.3) is 10.2 Å². The highest BCUT2D eigenvalue weighted by molar-refractivity contribution is 7.22. The maximum atomic E-state index is 12.2. The summed E-state index contributed by atoms with van der Waals surface area (Å²) in [5, 5.41) is 6.69. The molecule has 1 aromatic carbocycles. The minimum atomic E-state index is -0.224. The van der Waals surface area contributed by atoms with Crippen molar-refractivity contribution in [3.05, 3.63) is 40.8 Å². The van der Waals surface area contributed by atoms with E-state index in [4.69, 9.17) is 0 Å². The smallest absolute Gasteiger partial charge is 0.267 e. The van der Waals surface area contributed by atoms with Gasteiger partial charge < -0.3 is 5.32 Å². The molecule has 0 aliphatic rings. The molecule has 0 aliphatic carbocycles. The van der Waals surface area contributed by atoms with Crippen molar-refractivity contribution < 1.29 is 9.59 Å². The van der Waals surface area contributed by atoms with E-state index in [9.17, 15) is 9.59 Å². The Kier molecular flexibility index (Phi) is 3.91. The van der Waals surface area contributed by atoms with Gasteiger partial charge in [0, 0.05) is 6.92 Å². The molecular formula is C15H13N3O2S2. The molecule has 3 aromatic rings. The SMILES string of the molecule is CC(=O)Nc1ccc(C(=O)Nc2nc3c(C)cccc3s2)s1. The van der Waals surface area contributed by atoms with Gasteiger partial charge in [-0.1, -0.05) is 23.5 Å². The molecule has 0 saturated heterocycles. The third kappa shape index (κ3) is 3.00. The van der Waals surface area contributed by atoms with E-state index in [1.165, 1.54) is 29.6 Å². The van der Waals surface area contributed by atoms with Crippen LogP contribution in [-0.4, -0.2) is 16.8 Å². The first-order valence-electron chi connectivity index (χ1n) is 6.58. The van der Waals surface area contributed by atoms with E-state index in [2.05, 4.69) is 15.6 Å². The van der Waals surface area contributed by atoms with Gasteiger partial charge in [-0.25, -0.2) is 4.98 Å². The molecule has 112 valence electrons. The first-order valence-corrected chi connectivity index (χ1v) is 8.21. The van der Waals surface area contributed by atoms with Crippen molar-refractivity contribution in [2.24, 2.45) is 0 Å². The van der Waals surface area contributed by atoms with Crippen LogP contribution in [0.1, 0.15) is 22.2 Å². The number of thiazole rings is 1. The van der Waals surface area contributed by atoms with Gasteiger partial charge in [0.05, 0.1) is 20.1 Å². The van der Waals surface area contributed by atoms with Gasteiger partial charge in [-0.2, -0.15) is 0 Å². The van der Waals surface area contributed by atoms with Crippen molar-refractivity contribution in [3.8, 4) is 0 Å². The Morgan fingerprint density at radius 2 is 1.91 bits per heavy atom. The third-order valence-corrected chi connectivity index (χ3v) is 4.91. The second-order valence-electron chi connectivity index (χ2n) is 4.74. The predicted octanol–water partition coefficient (Wildman–Crippen LogP) is 3.88. The van der Waals surface area contributed by atoms with E-state index in [0.29, 0.717) is 15.0 Å². The van der Waals surface area contributed by atoms with Crippen molar-refractivity contribution in [1.29, 1.82) is 0 Å². The van der Waals surface area contributed by atoms with Crippen LogP contribution < -0.4 is 10.6 Å². The molecule has 2 heterocycles. The molecule has 2 aromatic heterocycles. The average Bonchev–Trinajstić information content (AvgIpc) is 3.05. The Bertz CT molecular complexity index is 867. The lowest BCUT2D eigenvalue weighted by molar-refractivity contribution is -0.114. The van der Waals surface area contributed by atoms with Crippen LogP contribution in [0.4, 0.5) is 10.1 Å². The maximum Gasteiger partial charge on any atom is 0.267 e. The van der Waals surface area contributed by atoms with Gasteiger partial charge in [-0.15, -0.1) is 11.3 Å². The van der Waals surface area contributed by atoms with Crippen LogP contribution in [0.15, 0.2) is 30.3 Å². The molecule has 0 bridgehead atoms. The van der Waals surface area contributed by atoms with Crippen LogP contribution in [0.3, 0.4) is 0 Å². The third-order valence-electron chi connectivity index (χ3n) is 2.97. The highest BCUT2D eigenvalue weighted by Crippen LogP contribution is 2.29. The Hall–Kier alpha value is -2.25. The lowest BCUT2D eigenvalue weighted by Gasteiger charge is -1.98. The summed E-state index contributed by atoms with van der Waals surface area (Å²) >= 11 is 2.68. The van der Waals surface area contributed by atoms with Gasteiger partial charge in [-0.3, -0.25) is 14.9 Å². The van der Waals surface area contributed by atoms with Gasteiger partial charge in [0.1, 0.15) is 0 Å². The summed E-state index contributed by atoms with van der Waals surface area (Å²) in [4.78, 5) is 28.2. The lowest BCUT2D eigenvalue weighted by atomic mass is 10.2. The van der Waals surface area contributed by atoms with E-state index in [0.717, 1.165) is 15.8 Å². The predicted molar refractivity (Wildman–Crippen MR) is 90.9 cm³/mol. The molecule has 0 aliphatic heterocycles. The monoisotopic (exact) mass is 331 g/mol. The van der Waals surface area contributed by atoms with E-state index in [1.54, 1.807) is 12.1 Å². The van der Waals surface area contributed by atoms with Gasteiger partial charge in [-0.05, 0) is 30.7 Å². The van der Waals surface area contributed by atoms with Gasteiger partial charge in [0.25, 0.3) is 5.91 Å². The topological polar surface area (TPSA) is 71.1 Å². The minimum absolute atomic E-state index is 0.157. The summed E-state index contributed by atoms with van der Waals surface area (Å²) in [6, 6.07) is 9.34.